The predicted molar refractivity (Wildman–Crippen MR) is 55.5 cm³/mol. The normalized spacial score (nSPS) is 13.6. The van der Waals surface area contributed by atoms with Crippen molar-refractivity contribution in [2.45, 2.75) is 16.4 Å². The van der Waals surface area contributed by atoms with Crippen LogP contribution in [0.2, 0.25) is 0 Å². The standard InChI is InChI=1S/C10H10F3NS/c1-2-8(14)7-5-3-4-6-9(7)15-10(11,12)13/h2-6,8H,1,14H2/t8-/m1/s1. The Morgan fingerprint density at radius 3 is 2.47 bits per heavy atom. The van der Waals surface area contributed by atoms with E-state index in [2.05, 4.69) is 6.58 Å². The van der Waals surface area contributed by atoms with E-state index in [1.807, 2.05) is 0 Å². The molecule has 1 aromatic rings. The van der Waals surface area contributed by atoms with Gasteiger partial charge in [-0.05, 0) is 23.4 Å². The van der Waals surface area contributed by atoms with Gasteiger partial charge < -0.3 is 5.73 Å². The number of rotatable bonds is 3. The lowest BCUT2D eigenvalue weighted by atomic mass is 10.1. The maximum atomic E-state index is 12.2. The minimum atomic E-state index is -4.29. The van der Waals surface area contributed by atoms with Crippen molar-refractivity contribution in [2.75, 3.05) is 0 Å². The van der Waals surface area contributed by atoms with Gasteiger partial charge in [0.25, 0.3) is 0 Å². The second kappa shape index (κ2) is 4.72. The van der Waals surface area contributed by atoms with E-state index >= 15 is 0 Å². The van der Waals surface area contributed by atoms with Gasteiger partial charge in [0, 0.05) is 10.9 Å². The third kappa shape index (κ3) is 3.60. The Balaban J connectivity index is 3.01. The Morgan fingerprint density at radius 1 is 1.33 bits per heavy atom. The van der Waals surface area contributed by atoms with Crippen molar-refractivity contribution in [3.05, 3.63) is 42.5 Å². The van der Waals surface area contributed by atoms with Gasteiger partial charge in [0.15, 0.2) is 0 Å². The average molecular weight is 233 g/mol. The van der Waals surface area contributed by atoms with Gasteiger partial charge >= 0.3 is 5.51 Å². The largest absolute Gasteiger partial charge is 0.446 e. The van der Waals surface area contributed by atoms with Gasteiger partial charge in [-0.15, -0.1) is 6.58 Å². The fourth-order valence-electron chi connectivity index (χ4n) is 1.10. The number of benzene rings is 1. The molecule has 0 fully saturated rings. The minimum absolute atomic E-state index is 0.123. The van der Waals surface area contributed by atoms with Crippen LogP contribution in [0.4, 0.5) is 13.2 Å². The van der Waals surface area contributed by atoms with Crippen LogP contribution in [0, 0.1) is 0 Å². The molecule has 5 heteroatoms. The Morgan fingerprint density at radius 2 is 1.93 bits per heavy atom. The maximum Gasteiger partial charge on any atom is 0.446 e. The van der Waals surface area contributed by atoms with Crippen molar-refractivity contribution >= 4 is 11.8 Å². The summed E-state index contributed by atoms with van der Waals surface area (Å²) in [5, 5.41) is 0. The highest BCUT2D eigenvalue weighted by Crippen LogP contribution is 2.39. The number of alkyl halides is 3. The van der Waals surface area contributed by atoms with Crippen molar-refractivity contribution in [3.8, 4) is 0 Å². The number of thioether (sulfide) groups is 1. The molecule has 0 unspecified atom stereocenters. The highest BCUT2D eigenvalue weighted by molar-refractivity contribution is 8.00. The van der Waals surface area contributed by atoms with Gasteiger partial charge in [-0.1, -0.05) is 24.3 Å². The topological polar surface area (TPSA) is 26.0 Å². The van der Waals surface area contributed by atoms with Crippen LogP contribution in [0.25, 0.3) is 0 Å². The van der Waals surface area contributed by atoms with Gasteiger partial charge in [0.1, 0.15) is 0 Å². The van der Waals surface area contributed by atoms with Crippen molar-refractivity contribution in [1.29, 1.82) is 0 Å². The summed E-state index contributed by atoms with van der Waals surface area (Å²) in [7, 11) is 0. The zero-order valence-electron chi connectivity index (χ0n) is 7.79. The van der Waals surface area contributed by atoms with E-state index in [1.165, 1.54) is 12.1 Å². The highest BCUT2D eigenvalue weighted by Gasteiger charge is 2.30. The van der Waals surface area contributed by atoms with Crippen LogP contribution in [0.1, 0.15) is 11.6 Å². The molecule has 15 heavy (non-hydrogen) atoms. The Hall–Kier alpha value is -0.940. The third-order valence-electron chi connectivity index (χ3n) is 1.76. The van der Waals surface area contributed by atoms with E-state index < -0.39 is 11.6 Å². The molecule has 1 aromatic carbocycles. The first-order valence-corrected chi connectivity index (χ1v) is 4.98. The number of halogens is 3. The van der Waals surface area contributed by atoms with Crippen LogP contribution < -0.4 is 5.73 Å². The van der Waals surface area contributed by atoms with Crippen LogP contribution in [-0.2, 0) is 0 Å². The number of hydrogen-bond acceptors (Lipinski definition) is 2. The van der Waals surface area contributed by atoms with E-state index in [9.17, 15) is 13.2 Å². The quantitative estimate of drug-likeness (QED) is 0.639. The van der Waals surface area contributed by atoms with Gasteiger partial charge in [0.2, 0.25) is 0 Å². The summed E-state index contributed by atoms with van der Waals surface area (Å²) in [6, 6.07) is 5.60. The first-order chi connectivity index (χ1) is 6.94. The molecular formula is C10H10F3NS. The van der Waals surface area contributed by atoms with Gasteiger partial charge in [-0.3, -0.25) is 0 Å². The lowest BCUT2D eigenvalue weighted by molar-refractivity contribution is -0.0328. The Kier molecular flexibility index (Phi) is 3.82. The number of nitrogens with two attached hydrogens (primary N) is 1. The molecule has 1 nitrogen and oxygen atoms in total. The van der Waals surface area contributed by atoms with E-state index in [1.54, 1.807) is 18.2 Å². The smallest absolute Gasteiger partial charge is 0.321 e. The molecule has 0 aliphatic heterocycles. The molecule has 2 N–H and O–H groups in total. The summed E-state index contributed by atoms with van der Waals surface area (Å²) in [6.07, 6.45) is 1.41. The maximum absolute atomic E-state index is 12.2. The lowest BCUT2D eigenvalue weighted by Gasteiger charge is -2.13. The molecule has 0 aliphatic carbocycles. The summed E-state index contributed by atoms with van der Waals surface area (Å²) in [5.41, 5.74) is 1.76. The van der Waals surface area contributed by atoms with Crippen molar-refractivity contribution in [1.82, 2.24) is 0 Å². The molecule has 0 radical (unpaired) electrons. The average Bonchev–Trinajstić information content (AvgIpc) is 2.15. The SMILES string of the molecule is C=C[C@@H](N)c1ccccc1SC(F)(F)F. The van der Waals surface area contributed by atoms with Gasteiger partial charge in [-0.2, -0.15) is 13.2 Å². The second-order valence-electron chi connectivity index (χ2n) is 2.85. The molecule has 82 valence electrons. The molecule has 0 amide bonds. The van der Waals surface area contributed by atoms with Crippen LogP contribution in [0.15, 0.2) is 41.8 Å². The summed E-state index contributed by atoms with van der Waals surface area (Å²) >= 11 is -0.157. The minimum Gasteiger partial charge on any atom is -0.321 e. The summed E-state index contributed by atoms with van der Waals surface area (Å²) < 4.78 is 36.6. The molecule has 0 aromatic heterocycles. The van der Waals surface area contributed by atoms with Gasteiger partial charge in [0.05, 0.1) is 0 Å². The van der Waals surface area contributed by atoms with Crippen molar-refractivity contribution in [2.24, 2.45) is 5.73 Å². The van der Waals surface area contributed by atoms with Crippen LogP contribution >= 0.6 is 11.8 Å². The monoisotopic (exact) mass is 233 g/mol. The molecule has 0 spiro atoms. The van der Waals surface area contributed by atoms with Crippen molar-refractivity contribution < 1.29 is 13.2 Å². The van der Waals surface area contributed by atoms with Crippen LogP contribution in [0.5, 0.6) is 0 Å². The molecule has 0 saturated carbocycles. The molecule has 0 aliphatic rings. The summed E-state index contributed by atoms with van der Waals surface area (Å²) in [6.45, 7) is 3.46. The van der Waals surface area contributed by atoms with Crippen molar-refractivity contribution in [3.63, 3.8) is 0 Å². The van der Waals surface area contributed by atoms with Crippen LogP contribution in [-0.4, -0.2) is 5.51 Å². The second-order valence-corrected chi connectivity index (χ2v) is 3.95. The fourth-order valence-corrected chi connectivity index (χ4v) is 1.82. The number of hydrogen-bond donors (Lipinski definition) is 1. The van der Waals surface area contributed by atoms with E-state index in [0.29, 0.717) is 5.56 Å². The molecular weight excluding hydrogens is 223 g/mol. The Labute approximate surface area is 90.2 Å². The van der Waals surface area contributed by atoms with E-state index in [-0.39, 0.29) is 16.7 Å². The summed E-state index contributed by atoms with van der Waals surface area (Å²) in [5.74, 6) is 0. The molecule has 1 rings (SSSR count). The first-order valence-electron chi connectivity index (χ1n) is 4.17. The zero-order chi connectivity index (χ0) is 11.5. The van der Waals surface area contributed by atoms with E-state index in [4.69, 9.17) is 5.73 Å². The molecule has 1 atom stereocenters. The fraction of sp³-hybridized carbons (Fsp3) is 0.200. The first kappa shape index (κ1) is 12.1. The predicted octanol–water partition coefficient (Wildman–Crippen LogP) is 3.48. The van der Waals surface area contributed by atoms with E-state index in [0.717, 1.165) is 0 Å². The zero-order valence-corrected chi connectivity index (χ0v) is 8.61. The molecule has 0 heterocycles. The molecule has 0 saturated heterocycles. The third-order valence-corrected chi connectivity index (χ3v) is 2.58. The van der Waals surface area contributed by atoms with Crippen LogP contribution in [0.3, 0.4) is 0 Å². The Bertz CT molecular complexity index is 349. The molecule has 0 bridgehead atoms. The summed E-state index contributed by atoms with van der Waals surface area (Å²) in [4.78, 5) is 0.123. The highest BCUT2D eigenvalue weighted by atomic mass is 32.2. The van der Waals surface area contributed by atoms with Gasteiger partial charge in [-0.25, -0.2) is 0 Å². The lowest BCUT2D eigenvalue weighted by Crippen LogP contribution is -2.09.